The number of rotatable bonds is 1. The standard InChI is InChI=1S/C13H15ClN2O/c1-9-7-16(8-10(2)17-9)13-5-12(14)4-3-11(13)6-15/h3-5,9-10H,7-8H2,1-2H3. The lowest BCUT2D eigenvalue weighted by molar-refractivity contribution is -0.00522. The number of benzene rings is 1. The Balaban J connectivity index is 2.33. The number of ether oxygens (including phenoxy) is 1. The van der Waals surface area contributed by atoms with Gasteiger partial charge in [-0.3, -0.25) is 0 Å². The van der Waals surface area contributed by atoms with Gasteiger partial charge in [0.15, 0.2) is 0 Å². The predicted molar refractivity (Wildman–Crippen MR) is 68.4 cm³/mol. The third-order valence-corrected chi connectivity index (χ3v) is 3.08. The lowest BCUT2D eigenvalue weighted by Crippen LogP contribution is -2.45. The molecule has 1 aromatic rings. The normalized spacial score (nSPS) is 24.5. The van der Waals surface area contributed by atoms with E-state index in [1.54, 1.807) is 12.1 Å². The highest BCUT2D eigenvalue weighted by Crippen LogP contribution is 2.27. The van der Waals surface area contributed by atoms with Crippen molar-refractivity contribution in [3.8, 4) is 6.07 Å². The molecule has 2 unspecified atom stereocenters. The van der Waals surface area contributed by atoms with Gasteiger partial charge in [0.05, 0.1) is 23.5 Å². The van der Waals surface area contributed by atoms with Crippen LogP contribution in [-0.2, 0) is 4.74 Å². The van der Waals surface area contributed by atoms with E-state index in [-0.39, 0.29) is 12.2 Å². The van der Waals surface area contributed by atoms with E-state index in [1.165, 1.54) is 0 Å². The molecule has 1 fully saturated rings. The van der Waals surface area contributed by atoms with Crippen molar-refractivity contribution in [3.05, 3.63) is 28.8 Å². The Hall–Kier alpha value is -1.24. The number of nitrogens with zero attached hydrogens (tertiary/aromatic N) is 2. The zero-order valence-electron chi connectivity index (χ0n) is 9.98. The molecule has 0 bridgehead atoms. The molecular formula is C13H15ClN2O. The van der Waals surface area contributed by atoms with E-state index in [9.17, 15) is 0 Å². The van der Waals surface area contributed by atoms with E-state index in [0.29, 0.717) is 10.6 Å². The van der Waals surface area contributed by atoms with Gasteiger partial charge < -0.3 is 9.64 Å². The molecular weight excluding hydrogens is 236 g/mol. The Morgan fingerprint density at radius 1 is 1.35 bits per heavy atom. The lowest BCUT2D eigenvalue weighted by atomic mass is 10.1. The first-order valence-corrected chi connectivity index (χ1v) is 6.08. The summed E-state index contributed by atoms with van der Waals surface area (Å²) in [6.07, 6.45) is 0.341. The van der Waals surface area contributed by atoms with Crippen LogP contribution in [0.15, 0.2) is 18.2 Å². The number of hydrogen-bond donors (Lipinski definition) is 0. The second-order valence-electron chi connectivity index (χ2n) is 4.44. The average Bonchev–Trinajstić information content (AvgIpc) is 2.27. The van der Waals surface area contributed by atoms with Gasteiger partial charge >= 0.3 is 0 Å². The van der Waals surface area contributed by atoms with Crippen LogP contribution in [0.5, 0.6) is 0 Å². The van der Waals surface area contributed by atoms with Crippen LogP contribution in [0.4, 0.5) is 5.69 Å². The molecule has 0 radical (unpaired) electrons. The summed E-state index contributed by atoms with van der Waals surface area (Å²) in [6, 6.07) is 7.57. The Labute approximate surface area is 107 Å². The maximum absolute atomic E-state index is 9.12. The van der Waals surface area contributed by atoms with Crippen molar-refractivity contribution in [1.29, 1.82) is 5.26 Å². The highest BCUT2D eigenvalue weighted by atomic mass is 35.5. The molecule has 0 aliphatic carbocycles. The second-order valence-corrected chi connectivity index (χ2v) is 4.87. The number of nitriles is 1. The maximum Gasteiger partial charge on any atom is 0.101 e. The molecule has 1 saturated heterocycles. The van der Waals surface area contributed by atoms with Gasteiger partial charge in [0.2, 0.25) is 0 Å². The van der Waals surface area contributed by atoms with E-state index in [2.05, 4.69) is 11.0 Å². The van der Waals surface area contributed by atoms with Crippen molar-refractivity contribution < 1.29 is 4.74 Å². The summed E-state index contributed by atoms with van der Waals surface area (Å²) in [5.41, 5.74) is 1.57. The van der Waals surface area contributed by atoms with E-state index < -0.39 is 0 Å². The molecule has 1 aliphatic heterocycles. The van der Waals surface area contributed by atoms with Crippen molar-refractivity contribution in [2.24, 2.45) is 0 Å². The van der Waals surface area contributed by atoms with Gasteiger partial charge in [0.25, 0.3) is 0 Å². The molecule has 0 amide bonds. The summed E-state index contributed by atoms with van der Waals surface area (Å²) >= 11 is 6.00. The zero-order valence-corrected chi connectivity index (χ0v) is 10.7. The Morgan fingerprint density at radius 3 is 2.59 bits per heavy atom. The zero-order chi connectivity index (χ0) is 12.4. The van der Waals surface area contributed by atoms with Crippen LogP contribution in [0.1, 0.15) is 19.4 Å². The number of anilines is 1. The minimum absolute atomic E-state index is 0.171. The molecule has 3 nitrogen and oxygen atoms in total. The first kappa shape index (κ1) is 12.2. The Kier molecular flexibility index (Phi) is 3.56. The first-order valence-electron chi connectivity index (χ1n) is 5.70. The SMILES string of the molecule is CC1CN(c2cc(Cl)ccc2C#N)CC(C)O1. The molecule has 1 aromatic carbocycles. The molecule has 2 atom stereocenters. The molecule has 17 heavy (non-hydrogen) atoms. The van der Waals surface area contributed by atoms with Crippen LogP contribution in [0.25, 0.3) is 0 Å². The van der Waals surface area contributed by atoms with E-state index in [1.807, 2.05) is 19.9 Å². The van der Waals surface area contributed by atoms with Crippen LogP contribution in [-0.4, -0.2) is 25.3 Å². The van der Waals surface area contributed by atoms with Gasteiger partial charge in [-0.05, 0) is 32.0 Å². The van der Waals surface area contributed by atoms with Crippen molar-refractivity contribution in [1.82, 2.24) is 0 Å². The highest BCUT2D eigenvalue weighted by Gasteiger charge is 2.24. The van der Waals surface area contributed by atoms with Crippen molar-refractivity contribution >= 4 is 17.3 Å². The lowest BCUT2D eigenvalue weighted by Gasteiger charge is -2.37. The number of halogens is 1. The minimum Gasteiger partial charge on any atom is -0.372 e. The topological polar surface area (TPSA) is 36.3 Å². The van der Waals surface area contributed by atoms with Gasteiger partial charge in [-0.2, -0.15) is 5.26 Å². The molecule has 90 valence electrons. The maximum atomic E-state index is 9.12. The molecule has 0 saturated carbocycles. The molecule has 1 heterocycles. The minimum atomic E-state index is 0.171. The number of hydrogen-bond acceptors (Lipinski definition) is 3. The van der Waals surface area contributed by atoms with Crippen molar-refractivity contribution in [2.75, 3.05) is 18.0 Å². The molecule has 0 N–H and O–H groups in total. The summed E-state index contributed by atoms with van der Waals surface area (Å²) in [7, 11) is 0. The largest absolute Gasteiger partial charge is 0.372 e. The fraction of sp³-hybridized carbons (Fsp3) is 0.462. The number of morpholine rings is 1. The Morgan fingerprint density at radius 2 is 2.00 bits per heavy atom. The van der Waals surface area contributed by atoms with Crippen LogP contribution in [0.3, 0.4) is 0 Å². The monoisotopic (exact) mass is 250 g/mol. The van der Waals surface area contributed by atoms with Crippen LogP contribution < -0.4 is 4.90 Å². The summed E-state index contributed by atoms with van der Waals surface area (Å²) in [5.74, 6) is 0. The van der Waals surface area contributed by atoms with Crippen molar-refractivity contribution in [2.45, 2.75) is 26.1 Å². The molecule has 2 rings (SSSR count). The van der Waals surface area contributed by atoms with Crippen LogP contribution in [0.2, 0.25) is 5.02 Å². The quantitative estimate of drug-likeness (QED) is 0.769. The van der Waals surface area contributed by atoms with Gasteiger partial charge in [-0.15, -0.1) is 0 Å². The summed E-state index contributed by atoms with van der Waals surface area (Å²) in [4.78, 5) is 2.17. The fourth-order valence-electron chi connectivity index (χ4n) is 2.24. The molecule has 4 heteroatoms. The van der Waals surface area contributed by atoms with Crippen molar-refractivity contribution in [3.63, 3.8) is 0 Å². The van der Waals surface area contributed by atoms with Crippen LogP contribution >= 0.6 is 11.6 Å². The Bertz CT molecular complexity index is 445. The van der Waals surface area contributed by atoms with Gasteiger partial charge in [-0.1, -0.05) is 11.6 Å². The molecule has 0 aromatic heterocycles. The van der Waals surface area contributed by atoms with E-state index in [4.69, 9.17) is 21.6 Å². The third-order valence-electron chi connectivity index (χ3n) is 2.84. The van der Waals surface area contributed by atoms with E-state index >= 15 is 0 Å². The second kappa shape index (κ2) is 4.95. The van der Waals surface area contributed by atoms with Gasteiger partial charge in [0.1, 0.15) is 6.07 Å². The smallest absolute Gasteiger partial charge is 0.101 e. The average molecular weight is 251 g/mol. The summed E-state index contributed by atoms with van der Waals surface area (Å²) in [6.45, 7) is 5.66. The summed E-state index contributed by atoms with van der Waals surface area (Å²) in [5, 5.41) is 9.78. The third kappa shape index (κ3) is 2.71. The molecule has 1 aliphatic rings. The fourth-order valence-corrected chi connectivity index (χ4v) is 2.40. The van der Waals surface area contributed by atoms with Gasteiger partial charge in [-0.25, -0.2) is 0 Å². The van der Waals surface area contributed by atoms with Crippen LogP contribution in [0, 0.1) is 11.3 Å². The summed E-state index contributed by atoms with van der Waals surface area (Å²) < 4.78 is 5.68. The van der Waals surface area contributed by atoms with Gasteiger partial charge in [0, 0.05) is 18.1 Å². The van der Waals surface area contributed by atoms with E-state index in [0.717, 1.165) is 18.8 Å². The first-order chi connectivity index (χ1) is 8.10. The molecule has 0 spiro atoms. The predicted octanol–water partition coefficient (Wildman–Crippen LogP) is 2.83. The highest BCUT2D eigenvalue weighted by molar-refractivity contribution is 6.30.